The van der Waals surface area contributed by atoms with Gasteiger partial charge in [-0.15, -0.1) is 0 Å². The molecule has 0 aromatic heterocycles. The molecule has 20 heavy (non-hydrogen) atoms. The van der Waals surface area contributed by atoms with Crippen LogP contribution in [0.1, 0.15) is 32.1 Å². The van der Waals surface area contributed by atoms with Crippen LogP contribution in [0.3, 0.4) is 0 Å². The van der Waals surface area contributed by atoms with E-state index in [-0.39, 0.29) is 5.91 Å². The molecule has 0 bridgehead atoms. The van der Waals surface area contributed by atoms with E-state index in [1.807, 2.05) is 12.1 Å². The van der Waals surface area contributed by atoms with Gasteiger partial charge in [0, 0.05) is 11.4 Å². The Labute approximate surface area is 125 Å². The van der Waals surface area contributed by atoms with Crippen LogP contribution in [0.15, 0.2) is 24.3 Å². The molecule has 0 radical (unpaired) electrons. The van der Waals surface area contributed by atoms with E-state index in [1.54, 1.807) is 12.1 Å². The number of benzene rings is 1. The topological polar surface area (TPSA) is 64.4 Å². The number of nitrogens with one attached hydrogen (secondary N) is 1. The number of nitrogens with two attached hydrogens (primary N) is 1. The third-order valence-electron chi connectivity index (χ3n) is 2.86. The number of hydrogen-bond acceptors (Lipinski definition) is 3. The Balaban J connectivity index is 2.00. The Morgan fingerprint density at radius 1 is 1.15 bits per heavy atom. The van der Waals surface area contributed by atoms with Crippen molar-refractivity contribution in [3.05, 3.63) is 29.3 Å². The summed E-state index contributed by atoms with van der Waals surface area (Å²) in [5.41, 5.74) is 5.41. The van der Waals surface area contributed by atoms with Gasteiger partial charge in [0.2, 0.25) is 5.91 Å². The van der Waals surface area contributed by atoms with Gasteiger partial charge < -0.3 is 15.8 Å². The van der Waals surface area contributed by atoms with Gasteiger partial charge >= 0.3 is 0 Å². The molecule has 0 aliphatic carbocycles. The van der Waals surface area contributed by atoms with E-state index in [1.165, 1.54) is 0 Å². The molecule has 1 aromatic rings. The molecule has 1 amide bonds. The van der Waals surface area contributed by atoms with E-state index in [2.05, 4.69) is 5.32 Å². The molecule has 5 heteroatoms. The van der Waals surface area contributed by atoms with E-state index in [4.69, 9.17) is 22.1 Å². The predicted molar refractivity (Wildman–Crippen MR) is 82.1 cm³/mol. The minimum atomic E-state index is 0.0810. The minimum Gasteiger partial charge on any atom is -0.492 e. The van der Waals surface area contributed by atoms with Gasteiger partial charge in [-0.25, -0.2) is 0 Å². The van der Waals surface area contributed by atoms with Crippen LogP contribution in [0, 0.1) is 0 Å². The van der Waals surface area contributed by atoms with Gasteiger partial charge in [0.25, 0.3) is 0 Å². The molecule has 112 valence electrons. The molecule has 1 aromatic carbocycles. The molecular formula is C15H23ClN2O2. The number of carbonyl (C=O) groups is 1. The number of hydrogen-bond donors (Lipinski definition) is 2. The molecule has 1 rings (SSSR count). The second-order valence-corrected chi connectivity index (χ2v) is 5.04. The first-order chi connectivity index (χ1) is 9.72. The minimum absolute atomic E-state index is 0.0810. The van der Waals surface area contributed by atoms with Gasteiger partial charge in [-0.2, -0.15) is 0 Å². The molecule has 3 N–H and O–H groups in total. The largest absolute Gasteiger partial charge is 0.492 e. The summed E-state index contributed by atoms with van der Waals surface area (Å²) in [5.74, 6) is 0.836. The van der Waals surface area contributed by atoms with Crippen molar-refractivity contribution in [2.45, 2.75) is 32.1 Å². The van der Waals surface area contributed by atoms with Crippen molar-refractivity contribution in [3.8, 4) is 5.75 Å². The quantitative estimate of drug-likeness (QED) is 0.653. The monoisotopic (exact) mass is 298 g/mol. The average Bonchev–Trinajstić information content (AvgIpc) is 2.45. The van der Waals surface area contributed by atoms with Crippen LogP contribution in [0.2, 0.25) is 5.02 Å². The Morgan fingerprint density at radius 3 is 2.55 bits per heavy atom. The Kier molecular flexibility index (Phi) is 8.83. The number of ether oxygens (including phenoxy) is 1. The summed E-state index contributed by atoms with van der Waals surface area (Å²) in [6.07, 6.45) is 4.70. The molecule has 0 spiro atoms. The summed E-state index contributed by atoms with van der Waals surface area (Å²) in [6.45, 7) is 1.71. The Hall–Kier alpha value is -1.26. The highest BCUT2D eigenvalue weighted by Gasteiger charge is 2.00. The van der Waals surface area contributed by atoms with Crippen LogP contribution in [0.25, 0.3) is 0 Å². The first-order valence-electron chi connectivity index (χ1n) is 7.07. The Bertz CT molecular complexity index is 382. The molecule has 0 saturated heterocycles. The summed E-state index contributed by atoms with van der Waals surface area (Å²) >= 11 is 5.78. The zero-order valence-electron chi connectivity index (χ0n) is 11.7. The van der Waals surface area contributed by atoms with E-state index < -0.39 is 0 Å². The van der Waals surface area contributed by atoms with Crippen LogP contribution in [0.5, 0.6) is 5.75 Å². The molecule has 4 nitrogen and oxygen atoms in total. The standard InChI is InChI=1S/C15H23ClN2O2/c16-13-6-8-14(9-7-13)20-12-11-18-15(19)5-3-1-2-4-10-17/h6-9H,1-5,10-12,17H2,(H,18,19). The highest BCUT2D eigenvalue weighted by atomic mass is 35.5. The molecule has 0 atom stereocenters. The maximum Gasteiger partial charge on any atom is 0.220 e. The lowest BCUT2D eigenvalue weighted by Gasteiger charge is -2.07. The maximum atomic E-state index is 11.5. The fourth-order valence-electron chi connectivity index (χ4n) is 1.76. The lowest BCUT2D eigenvalue weighted by atomic mass is 10.1. The zero-order valence-corrected chi connectivity index (χ0v) is 12.5. The number of carbonyl (C=O) groups excluding carboxylic acids is 1. The van der Waals surface area contributed by atoms with Crippen molar-refractivity contribution in [1.82, 2.24) is 5.32 Å². The van der Waals surface area contributed by atoms with Gasteiger partial charge in [0.15, 0.2) is 0 Å². The molecule has 0 aliphatic heterocycles. The molecule has 0 unspecified atom stereocenters. The summed E-state index contributed by atoms with van der Waals surface area (Å²) < 4.78 is 5.48. The number of rotatable bonds is 10. The summed E-state index contributed by atoms with van der Waals surface area (Å²) in [7, 11) is 0. The van der Waals surface area contributed by atoms with Crippen molar-refractivity contribution in [2.75, 3.05) is 19.7 Å². The van der Waals surface area contributed by atoms with E-state index in [0.29, 0.717) is 24.6 Å². The molecule has 0 heterocycles. The van der Waals surface area contributed by atoms with Crippen LogP contribution in [0.4, 0.5) is 0 Å². The Morgan fingerprint density at radius 2 is 1.85 bits per heavy atom. The summed E-state index contributed by atoms with van der Waals surface area (Å²) in [6, 6.07) is 7.16. The number of unbranched alkanes of at least 4 members (excludes halogenated alkanes) is 3. The van der Waals surface area contributed by atoms with Crippen molar-refractivity contribution in [3.63, 3.8) is 0 Å². The predicted octanol–water partition coefficient (Wildman–Crippen LogP) is 2.74. The fourth-order valence-corrected chi connectivity index (χ4v) is 1.89. The molecule has 0 fully saturated rings. The summed E-state index contributed by atoms with van der Waals surface area (Å²) in [5, 5.41) is 3.52. The highest BCUT2D eigenvalue weighted by molar-refractivity contribution is 6.30. The second kappa shape index (κ2) is 10.5. The fraction of sp³-hybridized carbons (Fsp3) is 0.533. The van der Waals surface area contributed by atoms with Crippen molar-refractivity contribution in [1.29, 1.82) is 0 Å². The van der Waals surface area contributed by atoms with E-state index in [0.717, 1.165) is 38.0 Å². The van der Waals surface area contributed by atoms with Crippen LogP contribution in [-0.2, 0) is 4.79 Å². The molecule has 0 saturated carbocycles. The van der Waals surface area contributed by atoms with Gasteiger partial charge in [-0.05, 0) is 43.7 Å². The zero-order chi connectivity index (χ0) is 14.6. The second-order valence-electron chi connectivity index (χ2n) is 4.61. The van der Waals surface area contributed by atoms with Crippen molar-refractivity contribution in [2.24, 2.45) is 5.73 Å². The van der Waals surface area contributed by atoms with Crippen LogP contribution >= 0.6 is 11.6 Å². The number of amides is 1. The lowest BCUT2D eigenvalue weighted by molar-refractivity contribution is -0.121. The van der Waals surface area contributed by atoms with Gasteiger partial charge in [-0.3, -0.25) is 4.79 Å². The smallest absolute Gasteiger partial charge is 0.220 e. The number of halogens is 1. The lowest BCUT2D eigenvalue weighted by Crippen LogP contribution is -2.27. The van der Waals surface area contributed by atoms with Crippen molar-refractivity contribution >= 4 is 17.5 Å². The first kappa shape index (κ1) is 16.8. The average molecular weight is 299 g/mol. The van der Waals surface area contributed by atoms with E-state index >= 15 is 0 Å². The van der Waals surface area contributed by atoms with Crippen LogP contribution in [-0.4, -0.2) is 25.6 Å². The highest BCUT2D eigenvalue weighted by Crippen LogP contribution is 2.15. The first-order valence-corrected chi connectivity index (χ1v) is 7.45. The van der Waals surface area contributed by atoms with Crippen molar-refractivity contribution < 1.29 is 9.53 Å². The third kappa shape index (κ3) is 8.02. The summed E-state index contributed by atoms with van der Waals surface area (Å²) in [4.78, 5) is 11.5. The maximum absolute atomic E-state index is 11.5. The van der Waals surface area contributed by atoms with Gasteiger partial charge in [0.1, 0.15) is 12.4 Å². The van der Waals surface area contributed by atoms with Crippen LogP contribution < -0.4 is 15.8 Å². The van der Waals surface area contributed by atoms with E-state index in [9.17, 15) is 4.79 Å². The third-order valence-corrected chi connectivity index (χ3v) is 3.12. The molecule has 0 aliphatic rings. The SMILES string of the molecule is NCCCCCCC(=O)NCCOc1ccc(Cl)cc1. The molecular weight excluding hydrogens is 276 g/mol. The normalized spacial score (nSPS) is 10.3. The van der Waals surface area contributed by atoms with Gasteiger partial charge in [-0.1, -0.05) is 24.4 Å². The van der Waals surface area contributed by atoms with Gasteiger partial charge in [0.05, 0.1) is 6.54 Å².